The van der Waals surface area contributed by atoms with Crippen molar-refractivity contribution in [1.82, 2.24) is 15.2 Å². The van der Waals surface area contributed by atoms with Gasteiger partial charge in [0.05, 0.1) is 29.0 Å². The van der Waals surface area contributed by atoms with Crippen molar-refractivity contribution < 1.29 is 19.1 Å². The molecule has 39 heavy (non-hydrogen) atoms. The largest absolute Gasteiger partial charge is 0.457 e. The maximum atomic E-state index is 13.4. The van der Waals surface area contributed by atoms with Crippen molar-refractivity contribution in [3.8, 4) is 11.5 Å². The van der Waals surface area contributed by atoms with Gasteiger partial charge >= 0.3 is 6.03 Å². The molecule has 4 amide bonds. The number of urea groups is 1. The number of carbonyl (C=O) groups excluding carboxylic acids is 3. The summed E-state index contributed by atoms with van der Waals surface area (Å²) in [6.45, 7) is 4.38. The molecule has 0 saturated heterocycles. The van der Waals surface area contributed by atoms with E-state index in [1.807, 2.05) is 54.6 Å². The summed E-state index contributed by atoms with van der Waals surface area (Å²) in [5.41, 5.74) is 2.27. The molecule has 0 spiro atoms. The Morgan fingerprint density at radius 1 is 1.10 bits per heavy atom. The Bertz CT molecular complexity index is 1660. The third-order valence-corrected chi connectivity index (χ3v) is 7.51. The van der Waals surface area contributed by atoms with Crippen LogP contribution in [0.3, 0.4) is 0 Å². The predicted octanol–water partition coefficient (Wildman–Crippen LogP) is 5.80. The highest BCUT2D eigenvalue weighted by Crippen LogP contribution is 2.46. The Morgan fingerprint density at radius 2 is 1.92 bits per heavy atom. The lowest BCUT2D eigenvalue weighted by Crippen LogP contribution is -2.39. The van der Waals surface area contributed by atoms with E-state index in [0.717, 1.165) is 0 Å². The highest BCUT2D eigenvalue weighted by Gasteiger charge is 2.33. The van der Waals surface area contributed by atoms with Crippen molar-refractivity contribution in [2.75, 3.05) is 23.3 Å². The molecule has 0 fully saturated rings. The van der Waals surface area contributed by atoms with E-state index in [1.165, 1.54) is 17.4 Å². The number of para-hydroxylation sites is 1. The summed E-state index contributed by atoms with van der Waals surface area (Å²) >= 11 is 1.20. The predicted molar refractivity (Wildman–Crippen MR) is 151 cm³/mol. The summed E-state index contributed by atoms with van der Waals surface area (Å²) in [5, 5.41) is 6.49. The number of thiophene rings is 1. The van der Waals surface area contributed by atoms with Gasteiger partial charge in [-0.15, -0.1) is 11.3 Å². The molecule has 0 saturated carbocycles. The SMILES string of the molecule is C=CC(=O)N1CCC=C(NC(=O)c2sc3nccc4c3c2NC(=O)N4c2cccc(Oc3ccccc3)c2)C1. The molecule has 2 aromatic heterocycles. The van der Waals surface area contributed by atoms with Crippen LogP contribution in [0.2, 0.25) is 0 Å². The zero-order valence-electron chi connectivity index (χ0n) is 20.7. The lowest BCUT2D eigenvalue weighted by Gasteiger charge is -2.29. The molecule has 10 heteroatoms. The molecule has 2 aromatic carbocycles. The highest BCUT2D eigenvalue weighted by molar-refractivity contribution is 7.21. The average Bonchev–Trinajstić information content (AvgIpc) is 3.33. The molecule has 6 rings (SSSR count). The number of rotatable bonds is 6. The van der Waals surface area contributed by atoms with E-state index in [4.69, 9.17) is 4.74 Å². The molecule has 0 aliphatic carbocycles. The molecule has 4 aromatic rings. The number of aromatic nitrogens is 1. The minimum absolute atomic E-state index is 0.189. The van der Waals surface area contributed by atoms with E-state index in [1.54, 1.807) is 28.1 Å². The number of carbonyl (C=O) groups is 3. The summed E-state index contributed by atoms with van der Waals surface area (Å²) in [4.78, 5) is 47.4. The zero-order valence-corrected chi connectivity index (χ0v) is 21.5. The molecule has 2 N–H and O–H groups in total. The van der Waals surface area contributed by atoms with Gasteiger partial charge in [0.25, 0.3) is 5.91 Å². The van der Waals surface area contributed by atoms with E-state index in [0.29, 0.717) is 62.3 Å². The van der Waals surface area contributed by atoms with E-state index in [9.17, 15) is 14.4 Å². The first kappa shape index (κ1) is 24.4. The van der Waals surface area contributed by atoms with Gasteiger partial charge in [0, 0.05) is 24.5 Å². The van der Waals surface area contributed by atoms with Gasteiger partial charge < -0.3 is 20.3 Å². The Hall–Kier alpha value is -4.96. The van der Waals surface area contributed by atoms with Gasteiger partial charge in [0.2, 0.25) is 5.91 Å². The van der Waals surface area contributed by atoms with E-state index in [2.05, 4.69) is 22.2 Å². The molecule has 194 valence electrons. The lowest BCUT2D eigenvalue weighted by atomic mass is 10.1. The summed E-state index contributed by atoms with van der Waals surface area (Å²) in [6, 6.07) is 18.0. The van der Waals surface area contributed by atoms with Crippen LogP contribution in [0.15, 0.2) is 91.3 Å². The van der Waals surface area contributed by atoms with Crippen LogP contribution >= 0.6 is 11.3 Å². The van der Waals surface area contributed by atoms with Crippen LogP contribution in [0.1, 0.15) is 16.1 Å². The van der Waals surface area contributed by atoms with E-state index in [-0.39, 0.29) is 18.4 Å². The Labute approximate surface area is 228 Å². The molecular formula is C29H23N5O4S. The Balaban J connectivity index is 1.31. The second kappa shape index (κ2) is 10.1. The first-order chi connectivity index (χ1) is 19.0. The molecule has 0 radical (unpaired) electrons. The van der Waals surface area contributed by atoms with Gasteiger partial charge in [-0.3, -0.25) is 14.5 Å². The van der Waals surface area contributed by atoms with Crippen LogP contribution < -0.4 is 20.3 Å². The van der Waals surface area contributed by atoms with Crippen LogP contribution in [-0.2, 0) is 4.79 Å². The number of amides is 4. The topological polar surface area (TPSA) is 104 Å². The number of nitrogens with one attached hydrogen (secondary N) is 2. The maximum Gasteiger partial charge on any atom is 0.331 e. The minimum atomic E-state index is -0.404. The molecule has 9 nitrogen and oxygen atoms in total. The number of nitrogens with zero attached hydrogens (tertiary/aromatic N) is 3. The maximum absolute atomic E-state index is 13.4. The van der Waals surface area contributed by atoms with E-state index < -0.39 is 6.03 Å². The highest BCUT2D eigenvalue weighted by atomic mass is 32.1. The van der Waals surface area contributed by atoms with Crippen molar-refractivity contribution in [2.45, 2.75) is 6.42 Å². The first-order valence-electron chi connectivity index (χ1n) is 12.3. The van der Waals surface area contributed by atoms with Crippen LogP contribution in [0.4, 0.5) is 21.9 Å². The average molecular weight is 538 g/mol. The van der Waals surface area contributed by atoms with Crippen molar-refractivity contribution >= 4 is 56.5 Å². The molecule has 4 heterocycles. The number of benzene rings is 2. The normalized spacial score (nSPS) is 14.5. The molecular weight excluding hydrogens is 514 g/mol. The fourth-order valence-corrected chi connectivity index (χ4v) is 5.68. The second-order valence-corrected chi connectivity index (χ2v) is 9.93. The summed E-state index contributed by atoms with van der Waals surface area (Å²) in [5.74, 6) is 0.707. The number of anilines is 3. The molecule has 0 atom stereocenters. The minimum Gasteiger partial charge on any atom is -0.457 e. The number of pyridine rings is 1. The molecule has 2 aliphatic rings. The van der Waals surface area contributed by atoms with Gasteiger partial charge in [0.15, 0.2) is 0 Å². The first-order valence-corrected chi connectivity index (χ1v) is 13.1. The summed E-state index contributed by atoms with van der Waals surface area (Å²) in [7, 11) is 0. The van der Waals surface area contributed by atoms with Crippen LogP contribution in [0.25, 0.3) is 10.2 Å². The standard InChI is InChI=1S/C29H23N5O4S/c1-2-23(35)33-15-7-8-18(17-33)31-27(36)26-25-24-22(13-14-30-28(24)39-26)34(29(37)32-25)19-9-6-12-21(16-19)38-20-10-4-3-5-11-20/h2-6,8-14,16H,1,7,15,17H2,(H,31,36)(H,32,37). The smallest absolute Gasteiger partial charge is 0.331 e. The third-order valence-electron chi connectivity index (χ3n) is 6.42. The number of hydrogen-bond donors (Lipinski definition) is 2. The van der Waals surface area contributed by atoms with Gasteiger partial charge in [-0.25, -0.2) is 9.78 Å². The summed E-state index contributed by atoms with van der Waals surface area (Å²) < 4.78 is 5.97. The van der Waals surface area contributed by atoms with Crippen LogP contribution in [0.5, 0.6) is 11.5 Å². The second-order valence-electron chi connectivity index (χ2n) is 8.93. The van der Waals surface area contributed by atoms with Crippen molar-refractivity contribution in [3.63, 3.8) is 0 Å². The van der Waals surface area contributed by atoms with Gasteiger partial charge in [-0.1, -0.05) is 36.9 Å². The van der Waals surface area contributed by atoms with Crippen molar-refractivity contribution in [1.29, 1.82) is 0 Å². The van der Waals surface area contributed by atoms with Crippen molar-refractivity contribution in [2.24, 2.45) is 0 Å². The quantitative estimate of drug-likeness (QED) is 0.303. The molecule has 0 bridgehead atoms. The van der Waals surface area contributed by atoms with Gasteiger partial charge in [0.1, 0.15) is 21.2 Å². The van der Waals surface area contributed by atoms with E-state index >= 15 is 0 Å². The van der Waals surface area contributed by atoms with Gasteiger partial charge in [-0.2, -0.15) is 0 Å². The molecule has 0 unspecified atom stereocenters. The van der Waals surface area contributed by atoms with Crippen LogP contribution in [-0.4, -0.2) is 40.8 Å². The van der Waals surface area contributed by atoms with Gasteiger partial charge in [-0.05, 0) is 42.8 Å². The summed E-state index contributed by atoms with van der Waals surface area (Å²) in [6.07, 6.45) is 5.41. The Morgan fingerprint density at radius 3 is 2.74 bits per heavy atom. The lowest BCUT2D eigenvalue weighted by molar-refractivity contribution is -0.125. The fourth-order valence-electron chi connectivity index (χ4n) is 4.67. The Kier molecular flexibility index (Phi) is 6.29. The van der Waals surface area contributed by atoms with Crippen LogP contribution in [0, 0.1) is 0 Å². The third kappa shape index (κ3) is 4.62. The number of ether oxygens (including phenoxy) is 1. The number of hydrogen-bond acceptors (Lipinski definition) is 6. The molecule has 2 aliphatic heterocycles. The fraction of sp³-hybridized carbons (Fsp3) is 0.103. The monoisotopic (exact) mass is 537 g/mol. The zero-order chi connectivity index (χ0) is 26.9. The van der Waals surface area contributed by atoms with Crippen molar-refractivity contribution in [3.05, 3.63) is 96.2 Å².